The van der Waals surface area contributed by atoms with Crippen molar-refractivity contribution in [2.24, 2.45) is 0 Å². The number of amides is 1. The highest BCUT2D eigenvalue weighted by Crippen LogP contribution is 2.26. The first-order valence-corrected chi connectivity index (χ1v) is 6.63. The fourth-order valence-electron chi connectivity index (χ4n) is 1.96. The molecule has 6 nitrogen and oxygen atoms in total. The third-order valence-electron chi connectivity index (χ3n) is 3.14. The molecule has 6 heteroatoms. The van der Waals surface area contributed by atoms with Crippen LogP contribution in [0.3, 0.4) is 0 Å². The lowest BCUT2D eigenvalue weighted by Crippen LogP contribution is -2.24. The lowest BCUT2D eigenvalue weighted by molar-refractivity contribution is -0.120. The summed E-state index contributed by atoms with van der Waals surface area (Å²) < 4.78 is 5.00. The van der Waals surface area contributed by atoms with Crippen molar-refractivity contribution in [2.45, 2.75) is 13.0 Å². The van der Waals surface area contributed by atoms with Gasteiger partial charge in [0.15, 0.2) is 23.0 Å². The molecule has 2 aromatic carbocycles. The zero-order valence-corrected chi connectivity index (χ0v) is 12.0. The predicted octanol–water partition coefficient (Wildman–Crippen LogP) is 1.67. The van der Waals surface area contributed by atoms with Crippen LogP contribution in [0.25, 0.3) is 0 Å². The molecule has 4 N–H and O–H groups in total. The Bertz CT molecular complexity index is 684. The van der Waals surface area contributed by atoms with E-state index in [9.17, 15) is 20.1 Å². The van der Waals surface area contributed by atoms with Crippen LogP contribution in [0.15, 0.2) is 36.4 Å². The van der Waals surface area contributed by atoms with Crippen molar-refractivity contribution in [1.82, 2.24) is 5.32 Å². The second-order valence-corrected chi connectivity index (χ2v) is 4.78. The Morgan fingerprint density at radius 1 is 1.00 bits per heavy atom. The summed E-state index contributed by atoms with van der Waals surface area (Å²) in [5.74, 6) is -0.321. The molecule has 1 amide bonds. The maximum absolute atomic E-state index is 11.9. The van der Waals surface area contributed by atoms with E-state index in [1.54, 1.807) is 18.2 Å². The smallest absolute Gasteiger partial charge is 0.224 e. The number of benzene rings is 2. The molecular weight excluding hydrogens is 286 g/mol. The van der Waals surface area contributed by atoms with E-state index in [0.717, 1.165) is 5.56 Å². The highest BCUT2D eigenvalue weighted by atomic mass is 16.5. The standard InChI is InChI=1S/C16H17NO5/c1-22-15-7-11(3-5-13(15)19)9-17-16(21)8-10-2-4-12(18)14(20)6-10/h2-7,18-20H,8-9H2,1H3,(H,17,21). The molecule has 0 spiro atoms. The molecule has 0 unspecified atom stereocenters. The molecule has 0 heterocycles. The second-order valence-electron chi connectivity index (χ2n) is 4.78. The number of rotatable bonds is 5. The Hall–Kier alpha value is -2.89. The first-order valence-electron chi connectivity index (χ1n) is 6.63. The van der Waals surface area contributed by atoms with E-state index < -0.39 is 0 Å². The van der Waals surface area contributed by atoms with Gasteiger partial charge in [-0.15, -0.1) is 0 Å². The molecule has 0 saturated heterocycles. The number of carbonyl (C=O) groups is 1. The fourth-order valence-corrected chi connectivity index (χ4v) is 1.96. The van der Waals surface area contributed by atoms with Gasteiger partial charge in [0.1, 0.15) is 0 Å². The van der Waals surface area contributed by atoms with Gasteiger partial charge in [-0.25, -0.2) is 0 Å². The fraction of sp³-hybridized carbons (Fsp3) is 0.188. The topological polar surface area (TPSA) is 99.0 Å². The van der Waals surface area contributed by atoms with Gasteiger partial charge in [0.2, 0.25) is 5.91 Å². The molecule has 0 atom stereocenters. The Kier molecular flexibility index (Phi) is 4.73. The van der Waals surface area contributed by atoms with E-state index in [0.29, 0.717) is 17.9 Å². The Morgan fingerprint density at radius 2 is 1.68 bits per heavy atom. The Balaban J connectivity index is 1.93. The molecule has 0 aliphatic rings. The number of nitrogens with one attached hydrogen (secondary N) is 1. The minimum absolute atomic E-state index is 0.0390. The van der Waals surface area contributed by atoms with Gasteiger partial charge in [-0.05, 0) is 35.4 Å². The largest absolute Gasteiger partial charge is 0.504 e. The van der Waals surface area contributed by atoms with Gasteiger partial charge >= 0.3 is 0 Å². The van der Waals surface area contributed by atoms with Gasteiger partial charge in [-0.1, -0.05) is 12.1 Å². The molecule has 0 fully saturated rings. The number of hydrogen-bond acceptors (Lipinski definition) is 5. The summed E-state index contributed by atoms with van der Waals surface area (Å²) in [6.07, 6.45) is 0.0864. The van der Waals surface area contributed by atoms with E-state index in [4.69, 9.17) is 4.74 Å². The first kappa shape index (κ1) is 15.5. The van der Waals surface area contributed by atoms with Crippen LogP contribution in [0.5, 0.6) is 23.0 Å². The molecule has 0 aliphatic heterocycles. The normalized spacial score (nSPS) is 10.2. The molecular formula is C16H17NO5. The molecule has 0 aromatic heterocycles. The average Bonchev–Trinajstić information content (AvgIpc) is 2.50. The van der Waals surface area contributed by atoms with E-state index in [1.165, 1.54) is 25.3 Å². The van der Waals surface area contributed by atoms with Crippen LogP contribution >= 0.6 is 0 Å². The van der Waals surface area contributed by atoms with Crippen LogP contribution in [0.4, 0.5) is 0 Å². The van der Waals surface area contributed by atoms with Gasteiger partial charge in [-0.2, -0.15) is 0 Å². The van der Waals surface area contributed by atoms with Gasteiger partial charge in [0, 0.05) is 6.54 Å². The third-order valence-corrected chi connectivity index (χ3v) is 3.14. The number of ether oxygens (including phenoxy) is 1. The van der Waals surface area contributed by atoms with Crippen LogP contribution in [0.2, 0.25) is 0 Å². The SMILES string of the molecule is COc1cc(CNC(=O)Cc2ccc(O)c(O)c2)ccc1O. The summed E-state index contributed by atoms with van der Waals surface area (Å²) in [6, 6.07) is 9.07. The number of hydrogen-bond donors (Lipinski definition) is 4. The Morgan fingerprint density at radius 3 is 2.36 bits per heavy atom. The lowest BCUT2D eigenvalue weighted by atomic mass is 10.1. The van der Waals surface area contributed by atoms with Crippen molar-refractivity contribution in [3.63, 3.8) is 0 Å². The first-order chi connectivity index (χ1) is 10.5. The second kappa shape index (κ2) is 6.71. The molecule has 0 bridgehead atoms. The highest BCUT2D eigenvalue weighted by molar-refractivity contribution is 5.78. The Labute approximate surface area is 127 Å². The van der Waals surface area contributed by atoms with Crippen molar-refractivity contribution >= 4 is 5.91 Å². The number of phenolic OH excluding ortho intramolecular Hbond substituents is 3. The number of carbonyl (C=O) groups excluding carboxylic acids is 1. The van der Waals surface area contributed by atoms with E-state index in [1.807, 2.05) is 0 Å². The van der Waals surface area contributed by atoms with Crippen molar-refractivity contribution in [3.05, 3.63) is 47.5 Å². The number of phenols is 3. The van der Waals surface area contributed by atoms with Crippen molar-refractivity contribution in [3.8, 4) is 23.0 Å². The van der Waals surface area contributed by atoms with Crippen molar-refractivity contribution in [2.75, 3.05) is 7.11 Å². The third kappa shape index (κ3) is 3.82. The van der Waals surface area contributed by atoms with E-state index in [2.05, 4.69) is 5.32 Å². The lowest BCUT2D eigenvalue weighted by Gasteiger charge is -2.09. The summed E-state index contributed by atoms with van der Waals surface area (Å²) in [5, 5.41) is 30.8. The van der Waals surface area contributed by atoms with Crippen LogP contribution in [-0.4, -0.2) is 28.3 Å². The van der Waals surface area contributed by atoms with Crippen molar-refractivity contribution < 1.29 is 24.9 Å². The molecule has 2 rings (SSSR count). The van der Waals surface area contributed by atoms with Crippen LogP contribution in [-0.2, 0) is 17.8 Å². The predicted molar refractivity (Wildman–Crippen MR) is 80.0 cm³/mol. The summed E-state index contributed by atoms with van der Waals surface area (Å²) >= 11 is 0. The minimum Gasteiger partial charge on any atom is -0.504 e. The maximum atomic E-state index is 11.9. The monoisotopic (exact) mass is 303 g/mol. The average molecular weight is 303 g/mol. The molecule has 0 saturated carbocycles. The minimum atomic E-state index is -0.256. The highest BCUT2D eigenvalue weighted by Gasteiger charge is 2.07. The molecule has 0 radical (unpaired) electrons. The van der Waals surface area contributed by atoms with Crippen LogP contribution in [0.1, 0.15) is 11.1 Å². The molecule has 2 aromatic rings. The molecule has 22 heavy (non-hydrogen) atoms. The zero-order chi connectivity index (χ0) is 16.1. The summed E-state index contributed by atoms with van der Waals surface area (Å²) in [6.45, 7) is 0.291. The molecule has 116 valence electrons. The summed E-state index contributed by atoms with van der Waals surface area (Å²) in [7, 11) is 1.45. The number of methoxy groups -OCH3 is 1. The van der Waals surface area contributed by atoms with Gasteiger partial charge in [0.05, 0.1) is 13.5 Å². The van der Waals surface area contributed by atoms with Gasteiger partial charge in [0.25, 0.3) is 0 Å². The summed E-state index contributed by atoms with van der Waals surface area (Å²) in [5.41, 5.74) is 1.38. The summed E-state index contributed by atoms with van der Waals surface area (Å²) in [4.78, 5) is 11.9. The molecule has 0 aliphatic carbocycles. The van der Waals surface area contributed by atoms with Crippen molar-refractivity contribution in [1.29, 1.82) is 0 Å². The van der Waals surface area contributed by atoms with E-state index >= 15 is 0 Å². The van der Waals surface area contributed by atoms with Crippen LogP contribution in [0, 0.1) is 0 Å². The maximum Gasteiger partial charge on any atom is 0.224 e. The zero-order valence-electron chi connectivity index (χ0n) is 12.0. The van der Waals surface area contributed by atoms with Gasteiger partial charge in [-0.3, -0.25) is 4.79 Å². The van der Waals surface area contributed by atoms with Crippen LogP contribution < -0.4 is 10.1 Å². The van der Waals surface area contributed by atoms with Gasteiger partial charge < -0.3 is 25.4 Å². The quantitative estimate of drug-likeness (QED) is 0.630. The van der Waals surface area contributed by atoms with E-state index in [-0.39, 0.29) is 29.6 Å². The number of aromatic hydroxyl groups is 3.